The third-order valence-electron chi connectivity index (χ3n) is 2.98. The van der Waals surface area contributed by atoms with Gasteiger partial charge in [0.05, 0.1) is 17.4 Å². The largest absolute Gasteiger partial charge is 0.456 e. The van der Waals surface area contributed by atoms with Crippen molar-refractivity contribution in [2.24, 2.45) is 0 Å². The summed E-state index contributed by atoms with van der Waals surface area (Å²) in [6.07, 6.45) is -0.0159. The number of nitrogens with one attached hydrogen (secondary N) is 1. The number of amides is 1. The van der Waals surface area contributed by atoms with Gasteiger partial charge in [-0.3, -0.25) is 9.59 Å². The molecule has 1 atom stereocenters. The summed E-state index contributed by atoms with van der Waals surface area (Å²) in [7, 11) is 0. The standard InChI is InChI=1S/C14H13N3O4S/c1-8-16-17-12(21-8)7-20-13(18)6-11-14(19)15-9-4-2-3-5-10(9)22-11/h2-5,11H,6-7H2,1H3,(H,15,19)/t11-/m1/s1. The minimum absolute atomic E-state index is 0.0159. The Morgan fingerprint density at radius 1 is 1.41 bits per heavy atom. The fourth-order valence-corrected chi connectivity index (χ4v) is 3.07. The highest BCUT2D eigenvalue weighted by Gasteiger charge is 2.29. The van der Waals surface area contributed by atoms with Crippen molar-refractivity contribution in [3.63, 3.8) is 0 Å². The number of hydrogen-bond donors (Lipinski definition) is 1. The van der Waals surface area contributed by atoms with E-state index in [1.54, 1.807) is 6.92 Å². The molecule has 0 aliphatic carbocycles. The van der Waals surface area contributed by atoms with Crippen LogP contribution in [0.4, 0.5) is 5.69 Å². The Hall–Kier alpha value is -2.35. The molecule has 0 saturated carbocycles. The van der Waals surface area contributed by atoms with Crippen LogP contribution in [0.15, 0.2) is 33.6 Å². The average molecular weight is 319 g/mol. The lowest BCUT2D eigenvalue weighted by Crippen LogP contribution is -2.31. The van der Waals surface area contributed by atoms with E-state index in [0.29, 0.717) is 5.89 Å². The molecule has 8 heteroatoms. The van der Waals surface area contributed by atoms with Crippen molar-refractivity contribution in [1.82, 2.24) is 10.2 Å². The average Bonchev–Trinajstić information content (AvgIpc) is 2.91. The third-order valence-corrected chi connectivity index (χ3v) is 4.26. The van der Waals surface area contributed by atoms with Crippen LogP contribution in [0, 0.1) is 6.92 Å². The molecule has 1 amide bonds. The van der Waals surface area contributed by atoms with Crippen molar-refractivity contribution in [2.75, 3.05) is 5.32 Å². The number of nitrogens with zero attached hydrogens (tertiary/aromatic N) is 2. The zero-order chi connectivity index (χ0) is 15.5. The van der Waals surface area contributed by atoms with Crippen molar-refractivity contribution < 1.29 is 18.7 Å². The summed E-state index contributed by atoms with van der Waals surface area (Å²) in [4.78, 5) is 24.8. The molecule has 1 aliphatic rings. The van der Waals surface area contributed by atoms with Crippen molar-refractivity contribution >= 4 is 29.3 Å². The minimum Gasteiger partial charge on any atom is -0.456 e. The topological polar surface area (TPSA) is 94.3 Å². The molecule has 3 rings (SSSR count). The number of ether oxygens (including phenoxy) is 1. The molecule has 0 spiro atoms. The fourth-order valence-electron chi connectivity index (χ4n) is 1.98. The van der Waals surface area contributed by atoms with Crippen LogP contribution in [-0.2, 0) is 20.9 Å². The SMILES string of the molecule is Cc1nnc(COC(=O)C[C@H]2Sc3ccccc3NC2=O)o1. The fraction of sp³-hybridized carbons (Fsp3) is 0.286. The lowest BCUT2D eigenvalue weighted by Gasteiger charge is -2.23. The van der Waals surface area contributed by atoms with Gasteiger partial charge in [0, 0.05) is 11.8 Å². The van der Waals surface area contributed by atoms with Crippen LogP contribution in [-0.4, -0.2) is 27.3 Å². The first-order chi connectivity index (χ1) is 10.6. The molecule has 0 unspecified atom stereocenters. The highest BCUT2D eigenvalue weighted by atomic mass is 32.2. The van der Waals surface area contributed by atoms with Crippen molar-refractivity contribution in [1.29, 1.82) is 0 Å². The van der Waals surface area contributed by atoms with Crippen molar-refractivity contribution in [2.45, 2.75) is 30.1 Å². The number of fused-ring (bicyclic) bond motifs is 1. The van der Waals surface area contributed by atoms with Crippen molar-refractivity contribution in [3.05, 3.63) is 36.0 Å². The monoisotopic (exact) mass is 319 g/mol. The summed E-state index contributed by atoms with van der Waals surface area (Å²) in [6.45, 7) is 1.56. The lowest BCUT2D eigenvalue weighted by molar-refractivity contribution is -0.146. The summed E-state index contributed by atoms with van der Waals surface area (Å²) < 4.78 is 10.2. The molecule has 0 saturated heterocycles. The van der Waals surface area contributed by atoms with Crippen LogP contribution in [0.1, 0.15) is 18.2 Å². The molecule has 1 N–H and O–H groups in total. The molecule has 22 heavy (non-hydrogen) atoms. The van der Waals surface area contributed by atoms with Gasteiger partial charge in [-0.05, 0) is 12.1 Å². The summed E-state index contributed by atoms with van der Waals surface area (Å²) in [5.41, 5.74) is 0.767. The van der Waals surface area contributed by atoms with Gasteiger partial charge in [-0.25, -0.2) is 0 Å². The van der Waals surface area contributed by atoms with Gasteiger partial charge in [0.15, 0.2) is 6.61 Å². The number of aromatic nitrogens is 2. The van der Waals surface area contributed by atoms with Gasteiger partial charge in [0.1, 0.15) is 0 Å². The lowest BCUT2D eigenvalue weighted by atomic mass is 10.2. The number of thioether (sulfide) groups is 1. The maximum absolute atomic E-state index is 12.0. The van der Waals surface area contributed by atoms with Gasteiger partial charge < -0.3 is 14.5 Å². The number of para-hydroxylation sites is 1. The minimum atomic E-state index is -0.508. The van der Waals surface area contributed by atoms with E-state index in [1.165, 1.54) is 11.8 Å². The molecule has 1 aliphatic heterocycles. The molecular weight excluding hydrogens is 306 g/mol. The third kappa shape index (κ3) is 3.28. The molecule has 7 nitrogen and oxygen atoms in total. The maximum atomic E-state index is 12.0. The molecule has 1 aromatic carbocycles. The van der Waals surface area contributed by atoms with Crippen LogP contribution >= 0.6 is 11.8 Å². The molecular formula is C14H13N3O4S. The normalized spacial score (nSPS) is 16.8. The Balaban J connectivity index is 1.56. The Bertz CT molecular complexity index is 716. The zero-order valence-corrected chi connectivity index (χ0v) is 12.6. The van der Waals surface area contributed by atoms with Crippen LogP contribution in [0.25, 0.3) is 0 Å². The number of carbonyl (C=O) groups is 2. The summed E-state index contributed by atoms with van der Waals surface area (Å²) in [6, 6.07) is 7.46. The van der Waals surface area contributed by atoms with Crippen molar-refractivity contribution in [3.8, 4) is 0 Å². The van der Waals surface area contributed by atoms with E-state index in [2.05, 4.69) is 15.5 Å². The molecule has 0 bridgehead atoms. The Morgan fingerprint density at radius 3 is 3.00 bits per heavy atom. The molecule has 114 valence electrons. The second kappa shape index (κ2) is 6.18. The number of aryl methyl sites for hydroxylation is 1. The van der Waals surface area contributed by atoms with Gasteiger partial charge in [-0.1, -0.05) is 12.1 Å². The van der Waals surface area contributed by atoms with Crippen LogP contribution < -0.4 is 5.32 Å². The molecule has 2 aromatic rings. The van der Waals surface area contributed by atoms with Gasteiger partial charge in [0.2, 0.25) is 11.8 Å². The molecule has 0 radical (unpaired) electrons. The highest BCUT2D eigenvalue weighted by Crippen LogP contribution is 2.36. The van der Waals surface area contributed by atoms with Crippen LogP contribution in [0.2, 0.25) is 0 Å². The maximum Gasteiger partial charge on any atom is 0.307 e. The predicted octanol–water partition coefficient (Wildman–Crippen LogP) is 1.92. The second-order valence-electron chi connectivity index (χ2n) is 4.67. The number of rotatable bonds is 4. The quantitative estimate of drug-likeness (QED) is 0.860. The molecule has 1 aromatic heterocycles. The van der Waals surface area contributed by atoms with E-state index in [1.807, 2.05) is 24.3 Å². The summed E-state index contributed by atoms with van der Waals surface area (Å²) in [5, 5.41) is 9.65. The van der Waals surface area contributed by atoms with E-state index in [-0.39, 0.29) is 24.8 Å². The van der Waals surface area contributed by atoms with Gasteiger partial charge in [-0.15, -0.1) is 22.0 Å². The number of carbonyl (C=O) groups excluding carboxylic acids is 2. The highest BCUT2D eigenvalue weighted by molar-refractivity contribution is 8.01. The number of esters is 1. The first-order valence-corrected chi connectivity index (χ1v) is 7.51. The Labute approximate surface area is 130 Å². The van der Waals surface area contributed by atoms with E-state index in [4.69, 9.17) is 9.15 Å². The second-order valence-corrected chi connectivity index (χ2v) is 5.92. The summed E-state index contributed by atoms with van der Waals surface area (Å²) in [5.74, 6) is -0.0426. The number of anilines is 1. The molecule has 0 fully saturated rings. The first kappa shape index (κ1) is 14.6. The van der Waals surface area contributed by atoms with Gasteiger partial charge in [0.25, 0.3) is 5.89 Å². The van der Waals surface area contributed by atoms with Gasteiger partial charge in [-0.2, -0.15) is 0 Å². The van der Waals surface area contributed by atoms with E-state index in [9.17, 15) is 9.59 Å². The van der Waals surface area contributed by atoms with E-state index < -0.39 is 11.2 Å². The van der Waals surface area contributed by atoms with Gasteiger partial charge >= 0.3 is 5.97 Å². The Kier molecular flexibility index (Phi) is 4.10. The van der Waals surface area contributed by atoms with Crippen LogP contribution in [0.5, 0.6) is 0 Å². The van der Waals surface area contributed by atoms with E-state index >= 15 is 0 Å². The van der Waals surface area contributed by atoms with E-state index in [0.717, 1.165) is 10.6 Å². The Morgan fingerprint density at radius 2 is 2.23 bits per heavy atom. The predicted molar refractivity (Wildman–Crippen MR) is 78.2 cm³/mol. The zero-order valence-electron chi connectivity index (χ0n) is 11.7. The van der Waals surface area contributed by atoms with Crippen LogP contribution in [0.3, 0.4) is 0 Å². The number of benzene rings is 1. The summed E-state index contributed by atoms with van der Waals surface area (Å²) >= 11 is 1.35. The number of hydrogen-bond acceptors (Lipinski definition) is 7. The first-order valence-electron chi connectivity index (χ1n) is 6.63. The smallest absolute Gasteiger partial charge is 0.307 e. The molecule has 2 heterocycles.